The molecule has 3 heterocycles. The first-order chi connectivity index (χ1) is 11.8. The van der Waals surface area contributed by atoms with Crippen LogP contribution >= 0.6 is 0 Å². The minimum absolute atomic E-state index is 0.120. The van der Waals surface area contributed by atoms with Crippen LogP contribution in [0.25, 0.3) is 11.0 Å². The first-order valence-corrected chi connectivity index (χ1v) is 8.85. The van der Waals surface area contributed by atoms with Gasteiger partial charge in [0.05, 0.1) is 25.4 Å². The van der Waals surface area contributed by atoms with E-state index >= 15 is 0 Å². The quantitative estimate of drug-likeness (QED) is 0.868. The Morgan fingerprint density at radius 2 is 2.00 bits per heavy atom. The van der Waals surface area contributed by atoms with Crippen molar-refractivity contribution in [2.24, 2.45) is 5.92 Å². The lowest BCUT2D eigenvalue weighted by atomic mass is 9.96. The van der Waals surface area contributed by atoms with E-state index in [9.17, 15) is 4.79 Å². The molecule has 0 unspecified atom stereocenters. The van der Waals surface area contributed by atoms with E-state index in [1.807, 2.05) is 29.4 Å². The number of likely N-dealkylation sites (tertiary alicyclic amines) is 1. The van der Waals surface area contributed by atoms with Gasteiger partial charge in [-0.15, -0.1) is 0 Å². The second kappa shape index (κ2) is 6.95. The van der Waals surface area contributed by atoms with Gasteiger partial charge >= 0.3 is 0 Å². The second-order valence-corrected chi connectivity index (χ2v) is 6.77. The van der Waals surface area contributed by atoms with Crippen LogP contribution in [0.15, 0.2) is 34.9 Å². The van der Waals surface area contributed by atoms with Crippen LogP contribution in [-0.4, -0.2) is 55.1 Å². The molecule has 0 radical (unpaired) electrons. The van der Waals surface area contributed by atoms with Gasteiger partial charge in [-0.05, 0) is 25.5 Å². The van der Waals surface area contributed by atoms with Crippen LogP contribution in [0, 0.1) is 5.92 Å². The molecule has 0 spiro atoms. The van der Waals surface area contributed by atoms with Crippen LogP contribution in [0.4, 0.5) is 0 Å². The predicted octanol–water partition coefficient (Wildman–Crippen LogP) is 2.50. The number of para-hydroxylation sites is 1. The highest BCUT2D eigenvalue weighted by Crippen LogP contribution is 2.25. The number of ether oxygens (including phenoxy) is 1. The third-order valence-electron chi connectivity index (χ3n) is 5.13. The molecule has 24 heavy (non-hydrogen) atoms. The number of carbonyl (C=O) groups excluding carboxylic acids is 1. The summed E-state index contributed by atoms with van der Waals surface area (Å²) in [5.41, 5.74) is 2.15. The first kappa shape index (κ1) is 15.7. The van der Waals surface area contributed by atoms with Crippen molar-refractivity contribution in [2.75, 3.05) is 39.4 Å². The first-order valence-electron chi connectivity index (χ1n) is 8.85. The summed E-state index contributed by atoms with van der Waals surface area (Å²) in [5, 5.41) is 1.18. The summed E-state index contributed by atoms with van der Waals surface area (Å²) in [5.74, 6) is 0.426. The largest absolute Gasteiger partial charge is 0.464 e. The maximum Gasteiger partial charge on any atom is 0.227 e. The number of piperidine rings is 1. The number of fused-ring (bicyclic) bond motifs is 1. The van der Waals surface area contributed by atoms with Gasteiger partial charge in [0.1, 0.15) is 5.58 Å². The number of rotatable bonds is 3. The van der Waals surface area contributed by atoms with E-state index in [0.717, 1.165) is 51.1 Å². The van der Waals surface area contributed by atoms with Gasteiger partial charge in [-0.2, -0.15) is 0 Å². The van der Waals surface area contributed by atoms with Crippen molar-refractivity contribution in [1.29, 1.82) is 0 Å². The van der Waals surface area contributed by atoms with Crippen LogP contribution in [-0.2, 0) is 16.1 Å². The summed E-state index contributed by atoms with van der Waals surface area (Å²) < 4.78 is 11.0. The summed E-state index contributed by atoms with van der Waals surface area (Å²) in [6.45, 7) is 5.56. The summed E-state index contributed by atoms with van der Waals surface area (Å²) in [6.07, 6.45) is 3.94. The van der Waals surface area contributed by atoms with Gasteiger partial charge in [-0.3, -0.25) is 9.69 Å². The van der Waals surface area contributed by atoms with Crippen molar-refractivity contribution < 1.29 is 13.9 Å². The molecule has 0 bridgehead atoms. The Morgan fingerprint density at radius 1 is 1.17 bits per heavy atom. The molecule has 0 saturated carbocycles. The van der Waals surface area contributed by atoms with Gasteiger partial charge < -0.3 is 14.1 Å². The number of amides is 1. The van der Waals surface area contributed by atoms with Crippen molar-refractivity contribution in [3.8, 4) is 0 Å². The van der Waals surface area contributed by atoms with Crippen molar-refractivity contribution in [3.63, 3.8) is 0 Å². The lowest BCUT2D eigenvalue weighted by molar-refractivity contribution is -0.141. The number of hydrogen-bond acceptors (Lipinski definition) is 4. The summed E-state index contributed by atoms with van der Waals surface area (Å²) in [7, 11) is 0. The van der Waals surface area contributed by atoms with E-state index < -0.39 is 0 Å². The fourth-order valence-corrected chi connectivity index (χ4v) is 3.84. The van der Waals surface area contributed by atoms with Crippen molar-refractivity contribution in [2.45, 2.75) is 19.4 Å². The molecule has 0 N–H and O–H groups in total. The normalized spacial score (nSPS) is 22.8. The van der Waals surface area contributed by atoms with E-state index in [1.165, 1.54) is 10.9 Å². The predicted molar refractivity (Wildman–Crippen MR) is 91.6 cm³/mol. The highest BCUT2D eigenvalue weighted by Gasteiger charge is 2.30. The van der Waals surface area contributed by atoms with Gasteiger partial charge in [0.25, 0.3) is 0 Å². The number of hydrogen-bond donors (Lipinski definition) is 0. The average molecular weight is 328 g/mol. The zero-order chi connectivity index (χ0) is 16.4. The molecule has 2 aliphatic rings. The van der Waals surface area contributed by atoms with Crippen LogP contribution in [0.2, 0.25) is 0 Å². The molecular formula is C19H24N2O3. The zero-order valence-corrected chi connectivity index (χ0v) is 13.9. The highest BCUT2D eigenvalue weighted by molar-refractivity contribution is 5.81. The third-order valence-corrected chi connectivity index (χ3v) is 5.13. The molecule has 0 aliphatic carbocycles. The minimum Gasteiger partial charge on any atom is -0.464 e. The van der Waals surface area contributed by atoms with Gasteiger partial charge in [0.2, 0.25) is 5.91 Å². The summed E-state index contributed by atoms with van der Waals surface area (Å²) >= 11 is 0. The van der Waals surface area contributed by atoms with Crippen LogP contribution in [0.1, 0.15) is 18.4 Å². The molecule has 2 aliphatic heterocycles. The molecule has 5 heteroatoms. The standard InChI is InChI=1S/C19H24N2O3/c22-19(21-8-10-23-11-9-21)15-4-3-7-20(12-15)13-16-14-24-18-6-2-1-5-17(16)18/h1-2,5-6,14-15H,3-4,7-13H2/t15-/m0/s1. The Morgan fingerprint density at radius 3 is 2.88 bits per heavy atom. The van der Waals surface area contributed by atoms with Crippen LogP contribution < -0.4 is 0 Å². The van der Waals surface area contributed by atoms with Gasteiger partial charge in [0.15, 0.2) is 0 Å². The Kier molecular flexibility index (Phi) is 4.54. The molecule has 1 amide bonds. The molecule has 5 nitrogen and oxygen atoms in total. The molecule has 1 aromatic carbocycles. The van der Waals surface area contributed by atoms with E-state index in [2.05, 4.69) is 11.0 Å². The Balaban J connectivity index is 1.42. The van der Waals surface area contributed by atoms with Gasteiger partial charge in [-0.25, -0.2) is 0 Å². The number of furan rings is 1. The maximum atomic E-state index is 12.7. The lowest BCUT2D eigenvalue weighted by Crippen LogP contribution is -2.48. The van der Waals surface area contributed by atoms with E-state index in [-0.39, 0.29) is 5.92 Å². The molecular weight excluding hydrogens is 304 g/mol. The minimum atomic E-state index is 0.120. The zero-order valence-electron chi connectivity index (χ0n) is 13.9. The van der Waals surface area contributed by atoms with Gasteiger partial charge in [0, 0.05) is 37.1 Å². The molecule has 1 atom stereocenters. The molecule has 128 valence electrons. The van der Waals surface area contributed by atoms with Crippen molar-refractivity contribution >= 4 is 16.9 Å². The average Bonchev–Trinajstić information content (AvgIpc) is 3.05. The Hall–Kier alpha value is -1.85. The molecule has 2 saturated heterocycles. The Labute approximate surface area is 142 Å². The van der Waals surface area contributed by atoms with Crippen LogP contribution in [0.3, 0.4) is 0 Å². The molecule has 4 rings (SSSR count). The maximum absolute atomic E-state index is 12.7. The monoisotopic (exact) mass is 328 g/mol. The number of nitrogens with zero attached hydrogens (tertiary/aromatic N) is 2. The fourth-order valence-electron chi connectivity index (χ4n) is 3.84. The topological polar surface area (TPSA) is 45.9 Å². The fraction of sp³-hybridized carbons (Fsp3) is 0.526. The van der Waals surface area contributed by atoms with E-state index in [1.54, 1.807) is 0 Å². The summed E-state index contributed by atoms with van der Waals surface area (Å²) in [6, 6.07) is 8.14. The molecule has 2 aromatic rings. The van der Waals surface area contributed by atoms with E-state index in [0.29, 0.717) is 19.1 Å². The lowest BCUT2D eigenvalue weighted by Gasteiger charge is -2.36. The number of benzene rings is 1. The molecule has 1 aromatic heterocycles. The van der Waals surface area contributed by atoms with Crippen molar-refractivity contribution in [1.82, 2.24) is 9.80 Å². The second-order valence-electron chi connectivity index (χ2n) is 6.77. The van der Waals surface area contributed by atoms with E-state index in [4.69, 9.17) is 9.15 Å². The van der Waals surface area contributed by atoms with Gasteiger partial charge in [-0.1, -0.05) is 18.2 Å². The summed E-state index contributed by atoms with van der Waals surface area (Å²) in [4.78, 5) is 17.1. The van der Waals surface area contributed by atoms with Crippen molar-refractivity contribution in [3.05, 3.63) is 36.1 Å². The Bertz CT molecular complexity index is 705. The number of carbonyl (C=O) groups is 1. The molecule has 2 fully saturated rings. The third kappa shape index (κ3) is 3.19. The number of morpholine rings is 1. The highest BCUT2D eigenvalue weighted by atomic mass is 16.5. The van der Waals surface area contributed by atoms with Crippen LogP contribution in [0.5, 0.6) is 0 Å². The smallest absolute Gasteiger partial charge is 0.227 e. The SMILES string of the molecule is O=C([C@H]1CCCN(Cc2coc3ccccc23)C1)N1CCOCC1.